The molecule has 124 valence electrons. The lowest BCUT2D eigenvalue weighted by atomic mass is 9.97. The molecule has 4 heteroatoms. The molecule has 1 aliphatic rings. The van der Waals surface area contributed by atoms with Gasteiger partial charge in [-0.1, -0.05) is 71.0 Å². The minimum absolute atomic E-state index is 0.475. The van der Waals surface area contributed by atoms with Gasteiger partial charge in [0.25, 0.3) is 0 Å². The molecule has 3 rings (SSSR count). The third-order valence-electron chi connectivity index (χ3n) is 3.91. The van der Waals surface area contributed by atoms with Crippen molar-refractivity contribution in [1.29, 1.82) is 0 Å². The molecule has 0 heterocycles. The lowest BCUT2D eigenvalue weighted by molar-refractivity contribution is 0.126. The average Bonchev–Trinajstić information content (AvgIpc) is 2.65. The van der Waals surface area contributed by atoms with Gasteiger partial charge in [-0.15, -0.1) is 0 Å². The molecule has 0 amide bonds. The van der Waals surface area contributed by atoms with Crippen molar-refractivity contribution in [1.82, 2.24) is 0 Å². The van der Waals surface area contributed by atoms with Gasteiger partial charge in [-0.25, -0.2) is 0 Å². The molecule has 0 aromatic heterocycles. The van der Waals surface area contributed by atoms with Gasteiger partial charge in [-0.2, -0.15) is 0 Å². The second kappa shape index (κ2) is 8.87. The first-order chi connectivity index (χ1) is 11.9. The molecule has 0 atom stereocenters. The quantitative estimate of drug-likeness (QED) is 0.723. The summed E-state index contributed by atoms with van der Waals surface area (Å²) >= 11 is 0. The monoisotopic (exact) mass is 322 g/mol. The van der Waals surface area contributed by atoms with Gasteiger partial charge < -0.3 is 9.68 Å². The zero-order chi connectivity index (χ0) is 16.5. The number of rotatable bonds is 6. The van der Waals surface area contributed by atoms with Crippen LogP contribution in [-0.4, -0.2) is 11.4 Å². The summed E-state index contributed by atoms with van der Waals surface area (Å²) in [7, 11) is 0. The Morgan fingerprint density at radius 3 is 1.46 bits per heavy atom. The third kappa shape index (κ3) is 4.95. The molecule has 2 aromatic rings. The van der Waals surface area contributed by atoms with Crippen molar-refractivity contribution in [2.24, 2.45) is 10.3 Å². The summed E-state index contributed by atoms with van der Waals surface area (Å²) in [5, 5.41) is 8.58. The van der Waals surface area contributed by atoms with E-state index in [1.54, 1.807) is 0 Å². The van der Waals surface area contributed by atoms with E-state index in [1.807, 2.05) is 60.7 Å². The average molecular weight is 322 g/mol. The summed E-state index contributed by atoms with van der Waals surface area (Å²) in [4.78, 5) is 11.0. The largest absolute Gasteiger partial charge is 0.391 e. The molecule has 1 aliphatic carbocycles. The fourth-order valence-corrected chi connectivity index (χ4v) is 2.59. The Kier molecular flexibility index (Phi) is 6.00. The summed E-state index contributed by atoms with van der Waals surface area (Å²) in [6.07, 6.45) is 4.01. The molecule has 0 saturated heterocycles. The summed E-state index contributed by atoms with van der Waals surface area (Å²) in [5.41, 5.74) is 4.03. The topological polar surface area (TPSA) is 43.2 Å². The summed E-state index contributed by atoms with van der Waals surface area (Å²) in [6.45, 7) is 0.949. The van der Waals surface area contributed by atoms with Crippen LogP contribution < -0.4 is 0 Å². The molecule has 1 fully saturated rings. The predicted octanol–water partition coefficient (Wildman–Crippen LogP) is 4.71. The number of hydrogen-bond donors (Lipinski definition) is 0. The van der Waals surface area contributed by atoms with Crippen LogP contribution >= 0.6 is 0 Å². The van der Waals surface area contributed by atoms with Crippen LogP contribution in [0.1, 0.15) is 36.8 Å². The van der Waals surface area contributed by atoms with Gasteiger partial charge >= 0.3 is 0 Å². The van der Waals surface area contributed by atoms with Crippen LogP contribution in [0.3, 0.4) is 0 Å². The maximum Gasteiger partial charge on any atom is 0.142 e. The van der Waals surface area contributed by atoms with Crippen LogP contribution in [-0.2, 0) is 22.9 Å². The third-order valence-corrected chi connectivity index (χ3v) is 3.91. The van der Waals surface area contributed by atoms with Crippen molar-refractivity contribution in [2.75, 3.05) is 0 Å². The molecular formula is C20H22N2O2. The fourth-order valence-electron chi connectivity index (χ4n) is 2.59. The molecule has 0 unspecified atom stereocenters. The van der Waals surface area contributed by atoms with E-state index >= 15 is 0 Å². The van der Waals surface area contributed by atoms with Crippen LogP contribution in [0.15, 0.2) is 71.0 Å². The van der Waals surface area contributed by atoms with Gasteiger partial charge in [0.15, 0.2) is 0 Å². The van der Waals surface area contributed by atoms with Crippen molar-refractivity contribution >= 4 is 11.4 Å². The molecule has 24 heavy (non-hydrogen) atoms. The van der Waals surface area contributed by atoms with E-state index < -0.39 is 0 Å². The van der Waals surface area contributed by atoms with Gasteiger partial charge in [-0.3, -0.25) is 0 Å². The van der Waals surface area contributed by atoms with Crippen molar-refractivity contribution in [2.45, 2.75) is 38.9 Å². The Hall–Kier alpha value is -2.62. The maximum atomic E-state index is 5.51. The van der Waals surface area contributed by atoms with Crippen LogP contribution in [0.2, 0.25) is 0 Å². The predicted molar refractivity (Wildman–Crippen MR) is 95.8 cm³/mol. The smallest absolute Gasteiger partial charge is 0.142 e. The number of benzene rings is 2. The standard InChI is InChI=1S/C20H22N2O2/c1-3-9-17(10-4-1)15-23-21-19-13-7-8-14-20(19)22-24-16-18-11-5-2-6-12-18/h1-6,9-12H,7-8,13-16H2/b21-19-,22-20+. The molecule has 2 aromatic carbocycles. The molecular weight excluding hydrogens is 300 g/mol. The lowest BCUT2D eigenvalue weighted by Gasteiger charge is -2.14. The van der Waals surface area contributed by atoms with Crippen LogP contribution in [0.25, 0.3) is 0 Å². The van der Waals surface area contributed by atoms with E-state index in [4.69, 9.17) is 9.68 Å². The first kappa shape index (κ1) is 16.2. The molecule has 0 spiro atoms. The van der Waals surface area contributed by atoms with Crippen molar-refractivity contribution in [3.8, 4) is 0 Å². The maximum absolute atomic E-state index is 5.51. The second-order valence-corrected chi connectivity index (χ2v) is 5.80. The molecule has 0 radical (unpaired) electrons. The van der Waals surface area contributed by atoms with E-state index in [9.17, 15) is 0 Å². The highest BCUT2D eigenvalue weighted by molar-refractivity contribution is 6.42. The molecule has 4 nitrogen and oxygen atoms in total. The van der Waals surface area contributed by atoms with E-state index in [0.717, 1.165) is 48.2 Å². The molecule has 0 aliphatic heterocycles. The highest BCUT2D eigenvalue weighted by Crippen LogP contribution is 2.15. The Labute approximate surface area is 142 Å². The van der Waals surface area contributed by atoms with Crippen molar-refractivity contribution < 1.29 is 9.68 Å². The first-order valence-corrected chi connectivity index (χ1v) is 8.38. The summed E-state index contributed by atoms with van der Waals surface area (Å²) in [5.74, 6) is 0. The normalized spacial score (nSPS) is 17.8. The second-order valence-electron chi connectivity index (χ2n) is 5.80. The van der Waals surface area contributed by atoms with E-state index in [2.05, 4.69) is 10.3 Å². The van der Waals surface area contributed by atoms with Crippen LogP contribution in [0.4, 0.5) is 0 Å². The van der Waals surface area contributed by atoms with Gasteiger partial charge in [0.1, 0.15) is 24.6 Å². The minimum Gasteiger partial charge on any atom is -0.391 e. The fraction of sp³-hybridized carbons (Fsp3) is 0.300. The van der Waals surface area contributed by atoms with E-state index in [-0.39, 0.29) is 0 Å². The minimum atomic E-state index is 0.475. The van der Waals surface area contributed by atoms with E-state index in [1.165, 1.54) is 0 Å². The van der Waals surface area contributed by atoms with Crippen LogP contribution in [0, 0.1) is 0 Å². The highest BCUT2D eigenvalue weighted by atomic mass is 16.6. The first-order valence-electron chi connectivity index (χ1n) is 8.38. The van der Waals surface area contributed by atoms with Crippen LogP contribution in [0.5, 0.6) is 0 Å². The zero-order valence-electron chi connectivity index (χ0n) is 13.7. The highest BCUT2D eigenvalue weighted by Gasteiger charge is 2.16. The van der Waals surface area contributed by atoms with Crippen molar-refractivity contribution in [3.63, 3.8) is 0 Å². The SMILES string of the molecule is c1ccc(CO/N=C2/CCCC/C2=N\OCc2ccccc2)cc1. The lowest BCUT2D eigenvalue weighted by Crippen LogP contribution is -2.20. The summed E-state index contributed by atoms with van der Waals surface area (Å²) < 4.78 is 0. The number of oxime groups is 2. The molecule has 0 bridgehead atoms. The van der Waals surface area contributed by atoms with Gasteiger partial charge in [0, 0.05) is 0 Å². The van der Waals surface area contributed by atoms with Crippen molar-refractivity contribution in [3.05, 3.63) is 71.8 Å². The Morgan fingerprint density at radius 1 is 0.625 bits per heavy atom. The Bertz CT molecular complexity index is 620. The van der Waals surface area contributed by atoms with Gasteiger partial charge in [0.2, 0.25) is 0 Å². The number of hydrogen-bond acceptors (Lipinski definition) is 4. The van der Waals surface area contributed by atoms with E-state index in [0.29, 0.717) is 13.2 Å². The Balaban J connectivity index is 1.56. The van der Waals surface area contributed by atoms with Gasteiger partial charge in [-0.05, 0) is 36.8 Å². The molecule has 1 saturated carbocycles. The van der Waals surface area contributed by atoms with Gasteiger partial charge in [0.05, 0.1) is 0 Å². The number of nitrogens with zero attached hydrogens (tertiary/aromatic N) is 2. The zero-order valence-corrected chi connectivity index (χ0v) is 13.7. The molecule has 0 N–H and O–H groups in total. The Morgan fingerprint density at radius 2 is 1.04 bits per heavy atom. The summed E-state index contributed by atoms with van der Waals surface area (Å²) in [6, 6.07) is 20.1.